The molecule has 2 aromatic carbocycles. The molecule has 2 aromatic rings. The Bertz CT molecular complexity index is 575. The van der Waals surface area contributed by atoms with Gasteiger partial charge in [0.25, 0.3) is 0 Å². The van der Waals surface area contributed by atoms with Gasteiger partial charge in [-0.2, -0.15) is 0 Å². The average molecular weight is 270 g/mol. The lowest BCUT2D eigenvalue weighted by Gasteiger charge is -2.05. The summed E-state index contributed by atoms with van der Waals surface area (Å²) in [4.78, 5) is 13.2. The van der Waals surface area contributed by atoms with Gasteiger partial charge >= 0.3 is 0 Å². The Morgan fingerprint density at radius 3 is 2.58 bits per heavy atom. The third-order valence-corrected chi connectivity index (χ3v) is 4.09. The molecular weight excluding hydrogens is 252 g/mol. The lowest BCUT2D eigenvalue weighted by Crippen LogP contribution is -2.06. The second-order valence-electron chi connectivity index (χ2n) is 4.75. The molecule has 0 aliphatic carbocycles. The Hall–Kier alpha value is -1.54. The first-order valence-corrected chi connectivity index (χ1v) is 7.39. The summed E-state index contributed by atoms with van der Waals surface area (Å²) in [5, 5.41) is 0. The molecule has 19 heavy (non-hydrogen) atoms. The molecule has 0 spiro atoms. The van der Waals surface area contributed by atoms with Gasteiger partial charge in [0.2, 0.25) is 0 Å². The highest BCUT2D eigenvalue weighted by atomic mass is 32.2. The summed E-state index contributed by atoms with van der Waals surface area (Å²) in [5.41, 5.74) is 3.56. The zero-order valence-corrected chi connectivity index (χ0v) is 12.2. The van der Waals surface area contributed by atoms with Crippen molar-refractivity contribution in [3.8, 4) is 0 Å². The molecule has 2 heteroatoms. The highest BCUT2D eigenvalue weighted by molar-refractivity contribution is 8.00. The van der Waals surface area contributed by atoms with Crippen molar-refractivity contribution in [2.24, 2.45) is 0 Å². The van der Waals surface area contributed by atoms with Gasteiger partial charge in [0.05, 0.1) is 5.75 Å². The number of aryl methyl sites for hydroxylation is 2. The molecule has 0 saturated heterocycles. The predicted molar refractivity (Wildman–Crippen MR) is 81.8 cm³/mol. The minimum atomic E-state index is 0.279. The molecule has 0 atom stereocenters. The molecule has 0 fully saturated rings. The maximum Gasteiger partial charge on any atom is 0.147 e. The van der Waals surface area contributed by atoms with E-state index < -0.39 is 0 Å². The van der Waals surface area contributed by atoms with Gasteiger partial charge < -0.3 is 0 Å². The lowest BCUT2D eigenvalue weighted by molar-refractivity contribution is -0.116. The van der Waals surface area contributed by atoms with Crippen molar-refractivity contribution in [2.75, 3.05) is 5.75 Å². The molecule has 0 aromatic heterocycles. The fourth-order valence-corrected chi connectivity index (χ4v) is 2.81. The Morgan fingerprint density at radius 1 is 1.05 bits per heavy atom. The van der Waals surface area contributed by atoms with E-state index in [1.54, 1.807) is 11.8 Å². The van der Waals surface area contributed by atoms with E-state index in [9.17, 15) is 4.79 Å². The highest BCUT2D eigenvalue weighted by Crippen LogP contribution is 2.19. The maximum absolute atomic E-state index is 12.0. The minimum absolute atomic E-state index is 0.279. The van der Waals surface area contributed by atoms with Gasteiger partial charge in [0, 0.05) is 11.3 Å². The SMILES string of the molecule is Cc1cccc(SCC(=O)Cc2ccccc2C)c1. The molecule has 0 radical (unpaired) electrons. The van der Waals surface area contributed by atoms with Crippen molar-refractivity contribution in [3.63, 3.8) is 0 Å². The Kier molecular flexibility index (Phi) is 4.80. The number of ketones is 1. The van der Waals surface area contributed by atoms with Crippen molar-refractivity contribution in [3.05, 3.63) is 65.2 Å². The van der Waals surface area contributed by atoms with Crippen molar-refractivity contribution in [1.29, 1.82) is 0 Å². The maximum atomic E-state index is 12.0. The topological polar surface area (TPSA) is 17.1 Å². The first-order chi connectivity index (χ1) is 9.15. The van der Waals surface area contributed by atoms with E-state index in [-0.39, 0.29) is 5.78 Å². The summed E-state index contributed by atoms with van der Waals surface area (Å²) in [6.45, 7) is 4.12. The summed E-state index contributed by atoms with van der Waals surface area (Å²) < 4.78 is 0. The minimum Gasteiger partial charge on any atom is -0.298 e. The van der Waals surface area contributed by atoms with Crippen LogP contribution in [0.2, 0.25) is 0 Å². The van der Waals surface area contributed by atoms with Crippen molar-refractivity contribution in [2.45, 2.75) is 25.2 Å². The zero-order valence-electron chi connectivity index (χ0n) is 11.3. The van der Waals surface area contributed by atoms with Crippen LogP contribution in [0.15, 0.2) is 53.4 Å². The predicted octanol–water partition coefficient (Wildman–Crippen LogP) is 4.21. The summed E-state index contributed by atoms with van der Waals surface area (Å²) in [7, 11) is 0. The quantitative estimate of drug-likeness (QED) is 0.757. The van der Waals surface area contributed by atoms with Gasteiger partial charge in [-0.3, -0.25) is 4.79 Å². The van der Waals surface area contributed by atoms with Crippen LogP contribution in [-0.4, -0.2) is 11.5 Å². The number of benzene rings is 2. The van der Waals surface area contributed by atoms with E-state index in [4.69, 9.17) is 0 Å². The van der Waals surface area contributed by atoms with Gasteiger partial charge in [-0.15, -0.1) is 11.8 Å². The third kappa shape index (κ3) is 4.25. The number of carbonyl (C=O) groups is 1. The molecular formula is C17H18OS. The van der Waals surface area contributed by atoms with Gasteiger partial charge in [0.15, 0.2) is 0 Å². The fourth-order valence-electron chi connectivity index (χ4n) is 1.94. The number of hydrogen-bond acceptors (Lipinski definition) is 2. The molecule has 0 N–H and O–H groups in total. The number of Topliss-reactive ketones (excluding diaryl/α,β-unsaturated/α-hetero) is 1. The van der Waals surface area contributed by atoms with Crippen LogP contribution < -0.4 is 0 Å². The number of carbonyl (C=O) groups excluding carboxylic acids is 1. The van der Waals surface area contributed by atoms with Crippen LogP contribution in [0, 0.1) is 13.8 Å². The summed E-state index contributed by atoms with van der Waals surface area (Å²) in [6, 6.07) is 16.3. The first kappa shape index (κ1) is 13.9. The molecule has 0 aliphatic rings. The molecule has 0 aliphatic heterocycles. The lowest BCUT2D eigenvalue weighted by atomic mass is 10.0. The van der Waals surface area contributed by atoms with Crippen molar-refractivity contribution >= 4 is 17.5 Å². The van der Waals surface area contributed by atoms with Crippen LogP contribution in [0.4, 0.5) is 0 Å². The van der Waals surface area contributed by atoms with E-state index in [0.29, 0.717) is 12.2 Å². The fraction of sp³-hybridized carbons (Fsp3) is 0.235. The van der Waals surface area contributed by atoms with Gasteiger partial charge in [-0.1, -0.05) is 42.0 Å². The third-order valence-electron chi connectivity index (χ3n) is 3.04. The normalized spacial score (nSPS) is 10.4. The number of rotatable bonds is 5. The van der Waals surface area contributed by atoms with Gasteiger partial charge in [-0.25, -0.2) is 0 Å². The van der Waals surface area contributed by atoms with Crippen LogP contribution in [0.5, 0.6) is 0 Å². The van der Waals surface area contributed by atoms with Crippen LogP contribution >= 0.6 is 11.8 Å². The molecule has 0 heterocycles. The van der Waals surface area contributed by atoms with Gasteiger partial charge in [0.1, 0.15) is 5.78 Å². The van der Waals surface area contributed by atoms with Crippen LogP contribution in [0.25, 0.3) is 0 Å². The van der Waals surface area contributed by atoms with Crippen LogP contribution in [0.3, 0.4) is 0 Å². The Morgan fingerprint density at radius 2 is 1.84 bits per heavy atom. The van der Waals surface area contributed by atoms with Gasteiger partial charge in [-0.05, 0) is 37.1 Å². The molecule has 98 valence electrons. The zero-order chi connectivity index (χ0) is 13.7. The van der Waals surface area contributed by atoms with E-state index in [1.807, 2.05) is 24.3 Å². The standard InChI is InChI=1S/C17H18OS/c1-13-6-5-9-17(10-13)19-12-16(18)11-15-8-4-3-7-14(15)2/h3-10H,11-12H2,1-2H3. The average Bonchev–Trinajstić information content (AvgIpc) is 2.39. The highest BCUT2D eigenvalue weighted by Gasteiger charge is 2.06. The Labute approximate surface area is 119 Å². The molecule has 2 rings (SSSR count). The van der Waals surface area contributed by atoms with Crippen LogP contribution in [0.1, 0.15) is 16.7 Å². The molecule has 0 amide bonds. The van der Waals surface area contributed by atoms with E-state index in [2.05, 4.69) is 38.1 Å². The molecule has 1 nitrogen and oxygen atoms in total. The van der Waals surface area contributed by atoms with Crippen molar-refractivity contribution in [1.82, 2.24) is 0 Å². The molecule has 0 saturated carbocycles. The van der Waals surface area contributed by atoms with E-state index >= 15 is 0 Å². The van der Waals surface area contributed by atoms with E-state index in [1.165, 1.54) is 11.1 Å². The summed E-state index contributed by atoms with van der Waals surface area (Å²) in [6.07, 6.45) is 0.533. The Balaban J connectivity index is 1.90. The first-order valence-electron chi connectivity index (χ1n) is 6.41. The molecule has 0 bridgehead atoms. The largest absolute Gasteiger partial charge is 0.298 e. The van der Waals surface area contributed by atoms with Crippen LogP contribution in [-0.2, 0) is 11.2 Å². The van der Waals surface area contributed by atoms with E-state index in [0.717, 1.165) is 10.5 Å². The smallest absolute Gasteiger partial charge is 0.147 e. The second kappa shape index (κ2) is 6.58. The summed E-state index contributed by atoms with van der Waals surface area (Å²) >= 11 is 1.62. The summed E-state index contributed by atoms with van der Waals surface area (Å²) in [5.74, 6) is 0.818. The monoisotopic (exact) mass is 270 g/mol. The number of hydrogen-bond donors (Lipinski definition) is 0. The number of thioether (sulfide) groups is 1. The van der Waals surface area contributed by atoms with Crippen molar-refractivity contribution < 1.29 is 4.79 Å². The molecule has 0 unspecified atom stereocenters. The second-order valence-corrected chi connectivity index (χ2v) is 5.80.